The summed E-state index contributed by atoms with van der Waals surface area (Å²) in [5.74, 6) is -1.97. The Bertz CT molecular complexity index is 1200. The number of aliphatic carboxylic acids is 2. The van der Waals surface area contributed by atoms with Crippen LogP contribution in [-0.4, -0.2) is 49.5 Å². The Balaban J connectivity index is 0.000000293. The number of carboxylic acid groups (broad SMARTS) is 2. The predicted octanol–water partition coefficient (Wildman–Crippen LogP) is 5.09. The quantitative estimate of drug-likeness (QED) is 0.122. The second-order valence-corrected chi connectivity index (χ2v) is 9.96. The summed E-state index contributed by atoms with van der Waals surface area (Å²) in [6.07, 6.45) is 0.117. The molecule has 0 aliphatic rings. The minimum atomic E-state index is -1.02. The summed E-state index contributed by atoms with van der Waals surface area (Å²) in [6, 6.07) is 21.9. The molecule has 38 heavy (non-hydrogen) atoms. The summed E-state index contributed by atoms with van der Waals surface area (Å²) in [4.78, 5) is 31.2. The summed E-state index contributed by atoms with van der Waals surface area (Å²) in [5.41, 5.74) is 3.77. The molecule has 0 heterocycles. The van der Waals surface area contributed by atoms with Gasteiger partial charge in [-0.2, -0.15) is 0 Å². The number of aryl methyl sites for hydroxylation is 2. The number of halogens is 1. The Hall–Kier alpha value is -3.35. The first-order valence-corrected chi connectivity index (χ1v) is 13.0. The van der Waals surface area contributed by atoms with Gasteiger partial charge in [-0.1, -0.05) is 48.5 Å². The highest BCUT2D eigenvalue weighted by molar-refractivity contribution is 14.1. The Labute approximate surface area is 234 Å². The first-order valence-electron chi connectivity index (χ1n) is 11.9. The summed E-state index contributed by atoms with van der Waals surface area (Å²) < 4.78 is 1.17. The zero-order valence-corrected chi connectivity index (χ0v) is 22.7. The van der Waals surface area contributed by atoms with Crippen molar-refractivity contribution in [1.29, 1.82) is 0 Å². The molecule has 0 aliphatic heterocycles. The lowest BCUT2D eigenvalue weighted by atomic mass is 10.0. The molecule has 0 amide bonds. The van der Waals surface area contributed by atoms with E-state index in [0.29, 0.717) is 25.7 Å². The van der Waals surface area contributed by atoms with E-state index in [2.05, 4.69) is 22.6 Å². The van der Waals surface area contributed by atoms with Crippen molar-refractivity contribution in [3.05, 3.63) is 97.6 Å². The van der Waals surface area contributed by atoms with Crippen molar-refractivity contribution < 1.29 is 34.9 Å². The fourth-order valence-corrected chi connectivity index (χ4v) is 3.95. The lowest BCUT2D eigenvalue weighted by Crippen LogP contribution is -2.13. The van der Waals surface area contributed by atoms with Crippen LogP contribution >= 0.6 is 22.6 Å². The minimum Gasteiger partial charge on any atom is -0.481 e. The molecular formula is C28H30INO8. The molecule has 0 saturated heterocycles. The third-order valence-electron chi connectivity index (χ3n) is 5.61. The summed E-state index contributed by atoms with van der Waals surface area (Å²) >= 11 is 2.23. The van der Waals surface area contributed by atoms with Gasteiger partial charge in [-0.3, -0.25) is 19.7 Å². The van der Waals surface area contributed by atoms with Crippen molar-refractivity contribution in [2.75, 3.05) is 0 Å². The van der Waals surface area contributed by atoms with Crippen LogP contribution in [0.3, 0.4) is 0 Å². The largest absolute Gasteiger partial charge is 0.481 e. The van der Waals surface area contributed by atoms with Crippen molar-refractivity contribution in [1.82, 2.24) is 0 Å². The van der Waals surface area contributed by atoms with Crippen molar-refractivity contribution in [2.24, 2.45) is 0 Å². The van der Waals surface area contributed by atoms with Crippen LogP contribution in [-0.2, 0) is 22.4 Å². The zero-order valence-electron chi connectivity index (χ0n) is 20.6. The molecule has 0 aromatic heterocycles. The van der Waals surface area contributed by atoms with Crippen molar-refractivity contribution in [2.45, 2.75) is 50.7 Å². The lowest BCUT2D eigenvalue weighted by Gasteiger charge is -2.08. The molecule has 0 radical (unpaired) electrons. The molecule has 0 fully saturated rings. The van der Waals surface area contributed by atoms with Gasteiger partial charge in [-0.15, -0.1) is 0 Å². The summed E-state index contributed by atoms with van der Waals surface area (Å²) in [5, 5.41) is 46.8. The first kappa shape index (κ1) is 30.9. The van der Waals surface area contributed by atoms with E-state index in [1.807, 2.05) is 48.5 Å². The van der Waals surface area contributed by atoms with Crippen LogP contribution in [0, 0.1) is 13.7 Å². The maximum absolute atomic E-state index is 10.8. The van der Waals surface area contributed by atoms with Crippen molar-refractivity contribution >= 4 is 40.2 Å². The van der Waals surface area contributed by atoms with Gasteiger partial charge >= 0.3 is 11.9 Å². The van der Waals surface area contributed by atoms with E-state index < -0.39 is 29.1 Å². The standard InChI is InChI=1S/C17H17NO5.C11H13IO3/c19-16(11-17(20)21)9-6-12-4-7-13(8-5-12)14-2-1-3-15(10-14)18(22)23;12-9-4-1-8(2-5-9)3-6-10(13)7-11(14)15/h1-5,7-8,10,16,19H,6,9,11H2,(H,20,21);1-2,4-5,10,13H,3,6-7H2,(H,14,15). The smallest absolute Gasteiger partial charge is 0.305 e. The number of hydrogen-bond donors (Lipinski definition) is 4. The second kappa shape index (κ2) is 15.8. The van der Waals surface area contributed by atoms with E-state index in [-0.39, 0.29) is 18.5 Å². The molecule has 2 unspecified atom stereocenters. The van der Waals surface area contributed by atoms with Gasteiger partial charge in [0, 0.05) is 15.7 Å². The molecule has 0 saturated carbocycles. The average Bonchev–Trinajstić information content (AvgIpc) is 2.87. The number of aliphatic hydroxyl groups excluding tert-OH is 2. The molecule has 0 spiro atoms. The third kappa shape index (κ3) is 11.8. The molecule has 9 nitrogen and oxygen atoms in total. The fraction of sp³-hybridized carbons (Fsp3) is 0.286. The van der Waals surface area contributed by atoms with Crippen LogP contribution in [0.25, 0.3) is 11.1 Å². The molecule has 10 heteroatoms. The van der Waals surface area contributed by atoms with Gasteiger partial charge in [0.25, 0.3) is 5.69 Å². The Morgan fingerprint density at radius 1 is 0.763 bits per heavy atom. The highest BCUT2D eigenvalue weighted by atomic mass is 127. The van der Waals surface area contributed by atoms with E-state index in [4.69, 9.17) is 10.2 Å². The van der Waals surface area contributed by atoms with Gasteiger partial charge in [0.1, 0.15) is 0 Å². The van der Waals surface area contributed by atoms with Gasteiger partial charge in [0.05, 0.1) is 30.0 Å². The van der Waals surface area contributed by atoms with Crippen molar-refractivity contribution in [3.63, 3.8) is 0 Å². The maximum Gasteiger partial charge on any atom is 0.305 e. The number of carboxylic acids is 2. The van der Waals surface area contributed by atoms with E-state index in [1.165, 1.54) is 15.7 Å². The van der Waals surface area contributed by atoms with Crippen LogP contribution in [0.15, 0.2) is 72.8 Å². The number of non-ortho nitro benzene ring substituents is 1. The molecule has 4 N–H and O–H groups in total. The molecule has 3 rings (SSSR count). The summed E-state index contributed by atoms with van der Waals surface area (Å²) in [6.45, 7) is 0. The number of hydrogen-bond acceptors (Lipinski definition) is 6. The number of aliphatic hydroxyl groups is 2. The Morgan fingerprint density at radius 2 is 1.24 bits per heavy atom. The molecular weight excluding hydrogens is 605 g/mol. The van der Waals surface area contributed by atoms with Gasteiger partial charge < -0.3 is 20.4 Å². The van der Waals surface area contributed by atoms with Gasteiger partial charge in [0.2, 0.25) is 0 Å². The van der Waals surface area contributed by atoms with Gasteiger partial charge in [-0.05, 0) is 82.7 Å². The van der Waals surface area contributed by atoms with Crippen LogP contribution < -0.4 is 0 Å². The van der Waals surface area contributed by atoms with Crippen LogP contribution in [0.2, 0.25) is 0 Å². The minimum absolute atomic E-state index is 0.0448. The lowest BCUT2D eigenvalue weighted by molar-refractivity contribution is -0.384. The highest BCUT2D eigenvalue weighted by Crippen LogP contribution is 2.24. The Morgan fingerprint density at radius 3 is 1.68 bits per heavy atom. The van der Waals surface area contributed by atoms with E-state index in [9.17, 15) is 29.9 Å². The normalized spacial score (nSPS) is 12.1. The molecule has 0 bridgehead atoms. The topological polar surface area (TPSA) is 158 Å². The highest BCUT2D eigenvalue weighted by Gasteiger charge is 2.11. The van der Waals surface area contributed by atoms with Crippen LogP contribution in [0.4, 0.5) is 5.69 Å². The molecule has 3 aromatic carbocycles. The van der Waals surface area contributed by atoms with Crippen LogP contribution in [0.1, 0.15) is 36.8 Å². The molecule has 3 aromatic rings. The number of nitro benzene ring substituents is 1. The van der Waals surface area contributed by atoms with Gasteiger partial charge in [-0.25, -0.2) is 0 Å². The van der Waals surface area contributed by atoms with E-state index in [1.54, 1.807) is 12.1 Å². The zero-order chi connectivity index (χ0) is 28.1. The predicted molar refractivity (Wildman–Crippen MR) is 151 cm³/mol. The monoisotopic (exact) mass is 635 g/mol. The number of nitro groups is 1. The first-order chi connectivity index (χ1) is 18.0. The number of benzene rings is 3. The third-order valence-corrected chi connectivity index (χ3v) is 6.33. The summed E-state index contributed by atoms with van der Waals surface area (Å²) in [7, 11) is 0. The SMILES string of the molecule is O=C(O)CC(O)CCc1ccc(-c2cccc([N+](=O)[O-])c2)cc1.O=C(O)CC(O)CCc1ccc(I)cc1. The number of carbonyl (C=O) groups is 2. The second-order valence-electron chi connectivity index (χ2n) is 8.71. The molecule has 0 aliphatic carbocycles. The van der Waals surface area contributed by atoms with Crippen LogP contribution in [0.5, 0.6) is 0 Å². The van der Waals surface area contributed by atoms with Crippen molar-refractivity contribution in [3.8, 4) is 11.1 Å². The number of nitrogens with zero attached hydrogens (tertiary/aromatic N) is 1. The van der Waals surface area contributed by atoms with E-state index >= 15 is 0 Å². The fourth-order valence-electron chi connectivity index (χ4n) is 3.59. The Kier molecular flexibility index (Phi) is 12.8. The van der Waals surface area contributed by atoms with Gasteiger partial charge in [0.15, 0.2) is 0 Å². The molecule has 2 atom stereocenters. The number of rotatable bonds is 12. The van der Waals surface area contributed by atoms with E-state index in [0.717, 1.165) is 22.3 Å². The maximum atomic E-state index is 10.8. The molecule has 202 valence electrons. The average molecular weight is 635 g/mol.